The molecule has 0 aromatic carbocycles. The number of hydrogen-bond acceptors (Lipinski definition) is 6. The fourth-order valence-corrected chi connectivity index (χ4v) is 5.02. The van der Waals surface area contributed by atoms with E-state index in [-0.39, 0.29) is 5.78 Å². The maximum Gasteiger partial charge on any atom is 0.187 e. The molecule has 2 aliphatic heterocycles. The van der Waals surface area contributed by atoms with Crippen LogP contribution in [0.2, 0.25) is 0 Å². The van der Waals surface area contributed by atoms with E-state index in [9.17, 15) is 20.1 Å². The highest BCUT2D eigenvalue weighted by molar-refractivity contribution is 6.00. The molecule has 0 radical (unpaired) electrons. The van der Waals surface area contributed by atoms with Crippen molar-refractivity contribution >= 4 is 5.78 Å². The van der Waals surface area contributed by atoms with Gasteiger partial charge >= 0.3 is 0 Å². The van der Waals surface area contributed by atoms with Crippen LogP contribution >= 0.6 is 0 Å². The Labute approximate surface area is 122 Å². The second kappa shape index (κ2) is 3.75. The van der Waals surface area contributed by atoms with Crippen LogP contribution in [0.5, 0.6) is 0 Å². The van der Waals surface area contributed by atoms with E-state index < -0.39 is 47.5 Å². The first-order valence-electron chi connectivity index (χ1n) is 7.33. The first kappa shape index (κ1) is 13.8. The highest BCUT2D eigenvalue weighted by Crippen LogP contribution is 2.70. The second-order valence-corrected chi connectivity index (χ2v) is 7.07. The number of rotatable bonds is 1. The molecule has 3 fully saturated rings. The summed E-state index contributed by atoms with van der Waals surface area (Å²) in [6.45, 7) is 3.55. The van der Waals surface area contributed by atoms with Crippen LogP contribution in [0, 0.1) is 10.8 Å². The standard InChI is InChI=1S/C15H20O6/c1-7-3-9-14(5-16,11(19)10(7)18)13(2)4-8(17)12(21-9)15(13)6-20-15/h3,8-9,11-12,16-17,19H,4-6H2,1-2H3/t8-,9-,11-,12-,13-,14-,15+/m1/s1/i1+1,2+1,3+1,4+1,5+1,6+1,7+1,8+1,9+1,10+1,11+1,12+1,13+1,14+1,15+1. The van der Waals surface area contributed by atoms with Crippen LogP contribution in [0.25, 0.3) is 0 Å². The lowest BCUT2D eigenvalue weighted by Crippen LogP contribution is -2.70. The Hall–Kier alpha value is -0.790. The summed E-state index contributed by atoms with van der Waals surface area (Å²) in [6, 6.07) is 0. The summed E-state index contributed by atoms with van der Waals surface area (Å²) in [5, 5.41) is 31.1. The summed E-state index contributed by atoms with van der Waals surface area (Å²) in [6.07, 6.45) is -1.14. The third kappa shape index (κ3) is 1.22. The van der Waals surface area contributed by atoms with Crippen LogP contribution in [0.15, 0.2) is 11.6 Å². The molecule has 2 saturated heterocycles. The van der Waals surface area contributed by atoms with E-state index in [4.69, 9.17) is 9.47 Å². The zero-order valence-electron chi connectivity index (χ0n) is 12.1. The average Bonchev–Trinajstić information content (AvgIpc) is 3.20. The Morgan fingerprint density at radius 1 is 1.43 bits per heavy atom. The minimum atomic E-state index is -1.35. The predicted molar refractivity (Wildman–Crippen MR) is 70.4 cm³/mol. The quantitative estimate of drug-likeness (QED) is 0.431. The normalized spacial score (nSPS) is 58.1. The van der Waals surface area contributed by atoms with Gasteiger partial charge in [-0.15, -0.1) is 0 Å². The second-order valence-electron chi connectivity index (χ2n) is 7.07. The van der Waals surface area contributed by atoms with E-state index in [2.05, 4.69) is 0 Å². The zero-order chi connectivity index (χ0) is 15.2. The Balaban J connectivity index is 1.95. The molecule has 1 saturated carbocycles. The third-order valence-electron chi connectivity index (χ3n) is 6.43. The molecule has 4 aliphatic rings. The van der Waals surface area contributed by atoms with Crippen molar-refractivity contribution in [2.45, 2.75) is 50.3 Å². The van der Waals surface area contributed by atoms with Crippen molar-refractivity contribution in [1.29, 1.82) is 0 Å². The van der Waals surface area contributed by atoms with Crippen molar-refractivity contribution in [3.05, 3.63) is 11.6 Å². The van der Waals surface area contributed by atoms with Crippen molar-refractivity contribution in [2.24, 2.45) is 10.8 Å². The van der Waals surface area contributed by atoms with E-state index in [1.54, 1.807) is 13.0 Å². The molecule has 0 unspecified atom stereocenters. The minimum absolute atomic E-state index is 0.339. The third-order valence-corrected chi connectivity index (χ3v) is 6.43. The molecule has 6 heteroatoms. The van der Waals surface area contributed by atoms with Gasteiger partial charge in [-0.3, -0.25) is 4.79 Å². The number of Topliss-reactive ketones (excluding diaryl/α,β-unsaturated/α-hetero) is 1. The molecule has 2 bridgehead atoms. The number of ketones is 1. The van der Waals surface area contributed by atoms with Gasteiger partial charge in [0.15, 0.2) is 5.78 Å². The molecule has 0 aromatic heterocycles. The Morgan fingerprint density at radius 3 is 2.67 bits per heavy atom. The van der Waals surface area contributed by atoms with E-state index >= 15 is 0 Å². The first-order chi connectivity index (χ1) is 9.84. The summed E-state index contributed by atoms with van der Waals surface area (Å²) in [5.74, 6) is -0.388. The average molecular weight is 311 g/mol. The fourth-order valence-electron chi connectivity index (χ4n) is 5.02. The van der Waals surface area contributed by atoms with Gasteiger partial charge in [0.05, 0.1) is 30.8 Å². The molecule has 2 heterocycles. The lowest BCUT2D eigenvalue weighted by atomic mass is 10.5. The molecule has 116 valence electrons. The number of carbonyl (C=O) groups is 1. The van der Waals surface area contributed by atoms with Gasteiger partial charge in [0.1, 0.15) is 17.8 Å². The number of aliphatic hydroxyl groups is 3. The largest absolute Gasteiger partial charge is 0.396 e. The number of aliphatic hydroxyl groups excluding tert-OH is 3. The number of fused-ring (bicyclic) bond motifs is 2. The van der Waals surface area contributed by atoms with Gasteiger partial charge in [0, 0.05) is 5.41 Å². The molecular weight excluding hydrogens is 291 g/mol. The van der Waals surface area contributed by atoms with Crippen molar-refractivity contribution in [3.8, 4) is 0 Å². The minimum Gasteiger partial charge on any atom is -0.396 e. The number of carbonyl (C=O) groups excluding carboxylic acids is 1. The van der Waals surface area contributed by atoms with Crippen LogP contribution in [0.3, 0.4) is 0 Å². The molecule has 1 spiro atoms. The lowest BCUT2D eigenvalue weighted by molar-refractivity contribution is -0.244. The smallest absolute Gasteiger partial charge is 0.187 e. The summed E-state index contributed by atoms with van der Waals surface area (Å²) in [5.41, 5.74) is -2.16. The molecule has 2 aliphatic carbocycles. The number of ether oxygens (including phenoxy) is 2. The van der Waals surface area contributed by atoms with E-state index in [1.165, 1.54) is 0 Å². The van der Waals surface area contributed by atoms with Gasteiger partial charge in [0.2, 0.25) is 0 Å². The Morgan fingerprint density at radius 2 is 2.10 bits per heavy atom. The summed E-state index contributed by atoms with van der Waals surface area (Å²) in [4.78, 5) is 12.3. The monoisotopic (exact) mass is 311 g/mol. The maximum absolute atomic E-state index is 12.3. The van der Waals surface area contributed by atoms with Crippen LogP contribution in [-0.2, 0) is 14.3 Å². The highest BCUT2D eigenvalue weighted by Gasteiger charge is 2.83. The SMILES string of the molecule is [13CH3][13C]1=[13CH][13C@H]2O[13C@@H]3[13C@H](O)[13CH2][13C@]([13CH3])([13C@@]2([13CH2]O)[13C@H](O)[13C]1=O)[13C@]31[13CH2]O1. The summed E-state index contributed by atoms with van der Waals surface area (Å²) >= 11 is 0. The molecule has 21 heavy (non-hydrogen) atoms. The lowest BCUT2D eigenvalue weighted by Gasteiger charge is -2.58. The van der Waals surface area contributed by atoms with Crippen molar-refractivity contribution < 1.29 is 29.6 Å². The zero-order valence-corrected chi connectivity index (χ0v) is 12.1. The summed E-state index contributed by atoms with van der Waals surface area (Å²) in [7, 11) is 0. The van der Waals surface area contributed by atoms with Crippen LogP contribution < -0.4 is 0 Å². The van der Waals surface area contributed by atoms with Gasteiger partial charge in [-0.05, 0) is 25.0 Å². The van der Waals surface area contributed by atoms with Crippen LogP contribution in [0.4, 0.5) is 0 Å². The maximum atomic E-state index is 12.3. The van der Waals surface area contributed by atoms with Gasteiger partial charge in [-0.2, -0.15) is 0 Å². The molecule has 6 nitrogen and oxygen atoms in total. The highest BCUT2D eigenvalue weighted by atomic mass is 16.9. The van der Waals surface area contributed by atoms with Gasteiger partial charge in [0.25, 0.3) is 0 Å². The van der Waals surface area contributed by atoms with E-state index in [0.29, 0.717) is 18.6 Å². The molecule has 4 rings (SSSR count). The molecule has 3 N–H and O–H groups in total. The van der Waals surface area contributed by atoms with Crippen LogP contribution in [-0.4, -0.2) is 64.3 Å². The molecule has 0 amide bonds. The number of epoxide rings is 1. The molecular formula is C15H20O6. The van der Waals surface area contributed by atoms with E-state index in [0.717, 1.165) is 0 Å². The Bertz CT molecular complexity index is 552. The van der Waals surface area contributed by atoms with Crippen molar-refractivity contribution in [1.82, 2.24) is 0 Å². The summed E-state index contributed by atoms with van der Waals surface area (Å²) < 4.78 is 11.6. The van der Waals surface area contributed by atoms with Crippen molar-refractivity contribution in [2.75, 3.05) is 13.2 Å². The van der Waals surface area contributed by atoms with E-state index in [1.807, 2.05) is 6.92 Å². The predicted octanol–water partition coefficient (Wildman–Crippen LogP) is -0.838. The topological polar surface area (TPSA) is 99.5 Å². The molecule has 0 aromatic rings. The van der Waals surface area contributed by atoms with Gasteiger partial charge in [-0.1, -0.05) is 6.92 Å². The van der Waals surface area contributed by atoms with Gasteiger partial charge < -0.3 is 24.8 Å². The van der Waals surface area contributed by atoms with Gasteiger partial charge in [-0.25, -0.2) is 0 Å². The fraction of sp³-hybridized carbons (Fsp3) is 0.800. The Kier molecular flexibility index (Phi) is 2.47. The van der Waals surface area contributed by atoms with Crippen LogP contribution in [0.1, 0.15) is 20.3 Å². The number of hydrogen-bond donors (Lipinski definition) is 3. The first-order valence-corrected chi connectivity index (χ1v) is 7.33. The van der Waals surface area contributed by atoms with Crippen molar-refractivity contribution in [3.63, 3.8) is 0 Å². The molecule has 7 atom stereocenters.